The van der Waals surface area contributed by atoms with Crippen molar-refractivity contribution in [3.05, 3.63) is 29.3 Å². The summed E-state index contributed by atoms with van der Waals surface area (Å²) >= 11 is 0. The standard InChI is InChI=1S/C16H23F2NO2/c1-16(2,3)21-7-6-20-15-13(17)8-11(9-14(15)18)10-19-12-4-5-12/h8-9,12,19H,4-7,10H2,1-3H3. The van der Waals surface area contributed by atoms with E-state index in [4.69, 9.17) is 9.47 Å². The smallest absolute Gasteiger partial charge is 0.190 e. The number of hydrogen-bond acceptors (Lipinski definition) is 3. The van der Waals surface area contributed by atoms with E-state index in [1.807, 2.05) is 20.8 Å². The fourth-order valence-corrected chi connectivity index (χ4v) is 1.89. The van der Waals surface area contributed by atoms with Crippen LogP contribution in [0.5, 0.6) is 5.75 Å². The van der Waals surface area contributed by atoms with E-state index in [9.17, 15) is 8.78 Å². The molecule has 3 nitrogen and oxygen atoms in total. The zero-order valence-electron chi connectivity index (χ0n) is 12.8. The van der Waals surface area contributed by atoms with Crippen molar-refractivity contribution in [2.45, 2.75) is 51.8 Å². The molecule has 0 unspecified atom stereocenters. The van der Waals surface area contributed by atoms with E-state index >= 15 is 0 Å². The van der Waals surface area contributed by atoms with Crippen molar-refractivity contribution in [2.24, 2.45) is 0 Å². The van der Waals surface area contributed by atoms with Gasteiger partial charge in [0.05, 0.1) is 12.2 Å². The molecule has 0 bridgehead atoms. The second kappa shape index (κ2) is 6.71. The molecule has 0 heterocycles. The highest BCUT2D eigenvalue weighted by atomic mass is 19.1. The van der Waals surface area contributed by atoms with E-state index in [2.05, 4.69) is 5.32 Å². The Bertz CT molecular complexity index is 459. The minimum atomic E-state index is -0.668. The Labute approximate surface area is 124 Å². The van der Waals surface area contributed by atoms with Crippen LogP contribution in [0, 0.1) is 11.6 Å². The molecule has 0 atom stereocenters. The molecule has 0 aromatic heterocycles. The summed E-state index contributed by atoms with van der Waals surface area (Å²) in [6.45, 7) is 6.62. The minimum absolute atomic E-state index is 0.116. The molecule has 0 amide bonds. The Balaban J connectivity index is 1.86. The van der Waals surface area contributed by atoms with Gasteiger partial charge in [-0.2, -0.15) is 0 Å². The normalized spacial score (nSPS) is 15.3. The lowest BCUT2D eigenvalue weighted by atomic mass is 10.2. The van der Waals surface area contributed by atoms with E-state index in [0.717, 1.165) is 12.8 Å². The van der Waals surface area contributed by atoms with Gasteiger partial charge in [0.15, 0.2) is 17.4 Å². The summed E-state index contributed by atoms with van der Waals surface area (Å²) in [5.41, 5.74) is 0.300. The van der Waals surface area contributed by atoms with Gasteiger partial charge in [0.1, 0.15) is 6.61 Å². The molecule has 1 aliphatic carbocycles. The maximum Gasteiger partial charge on any atom is 0.190 e. The molecule has 0 saturated heterocycles. The lowest BCUT2D eigenvalue weighted by Gasteiger charge is -2.19. The first-order valence-corrected chi connectivity index (χ1v) is 7.33. The number of ether oxygens (including phenoxy) is 2. The quantitative estimate of drug-likeness (QED) is 0.783. The third-order valence-corrected chi connectivity index (χ3v) is 3.10. The van der Waals surface area contributed by atoms with Crippen LogP contribution in [-0.4, -0.2) is 24.9 Å². The number of hydrogen-bond donors (Lipinski definition) is 1. The first-order valence-electron chi connectivity index (χ1n) is 7.33. The lowest BCUT2D eigenvalue weighted by Crippen LogP contribution is -2.22. The van der Waals surface area contributed by atoms with Crippen LogP contribution in [-0.2, 0) is 11.3 Å². The van der Waals surface area contributed by atoms with Crippen molar-refractivity contribution in [3.8, 4) is 5.75 Å². The molecular formula is C16H23F2NO2. The summed E-state index contributed by atoms with van der Waals surface area (Å²) in [5.74, 6) is -1.67. The number of rotatable bonds is 7. The van der Waals surface area contributed by atoms with Crippen molar-refractivity contribution in [3.63, 3.8) is 0 Å². The molecule has 1 aliphatic rings. The van der Waals surface area contributed by atoms with Gasteiger partial charge >= 0.3 is 0 Å². The highest BCUT2D eigenvalue weighted by Crippen LogP contribution is 2.24. The average Bonchev–Trinajstić information content (AvgIpc) is 3.17. The molecule has 0 aliphatic heterocycles. The lowest BCUT2D eigenvalue weighted by molar-refractivity contribution is -0.0170. The maximum atomic E-state index is 13.9. The van der Waals surface area contributed by atoms with E-state index in [-0.39, 0.29) is 24.6 Å². The first kappa shape index (κ1) is 16.2. The van der Waals surface area contributed by atoms with Crippen LogP contribution in [0.15, 0.2) is 12.1 Å². The number of nitrogens with one attached hydrogen (secondary N) is 1. The van der Waals surface area contributed by atoms with Gasteiger partial charge in [-0.05, 0) is 51.3 Å². The van der Waals surface area contributed by atoms with E-state index in [1.165, 1.54) is 12.1 Å². The summed E-state index contributed by atoms with van der Waals surface area (Å²) in [7, 11) is 0. The topological polar surface area (TPSA) is 30.5 Å². The van der Waals surface area contributed by atoms with E-state index in [0.29, 0.717) is 18.2 Å². The van der Waals surface area contributed by atoms with Crippen LogP contribution in [0.3, 0.4) is 0 Å². The average molecular weight is 299 g/mol. The van der Waals surface area contributed by atoms with Gasteiger partial charge in [0.2, 0.25) is 0 Å². The number of benzene rings is 1. The molecule has 118 valence electrons. The van der Waals surface area contributed by atoms with Gasteiger partial charge in [0.25, 0.3) is 0 Å². The first-order chi connectivity index (χ1) is 9.85. The van der Waals surface area contributed by atoms with E-state index in [1.54, 1.807) is 0 Å². The molecule has 1 N–H and O–H groups in total. The summed E-state index contributed by atoms with van der Waals surface area (Å²) in [6, 6.07) is 3.14. The highest BCUT2D eigenvalue weighted by Gasteiger charge is 2.21. The molecular weight excluding hydrogens is 276 g/mol. The second-order valence-electron chi connectivity index (χ2n) is 6.35. The summed E-state index contributed by atoms with van der Waals surface area (Å²) in [5, 5.41) is 3.22. The SMILES string of the molecule is CC(C)(C)OCCOc1c(F)cc(CNC2CC2)cc1F. The van der Waals surface area contributed by atoms with Crippen LogP contribution in [0.1, 0.15) is 39.2 Å². The van der Waals surface area contributed by atoms with Gasteiger partial charge < -0.3 is 14.8 Å². The monoisotopic (exact) mass is 299 g/mol. The molecule has 1 fully saturated rings. The molecule has 1 aromatic carbocycles. The predicted molar refractivity (Wildman–Crippen MR) is 77.4 cm³/mol. The van der Waals surface area contributed by atoms with Gasteiger partial charge in [-0.25, -0.2) is 8.78 Å². The van der Waals surface area contributed by atoms with Crippen molar-refractivity contribution in [1.29, 1.82) is 0 Å². The van der Waals surface area contributed by atoms with Crippen LogP contribution in [0.4, 0.5) is 8.78 Å². The zero-order valence-corrected chi connectivity index (χ0v) is 12.8. The third kappa shape index (κ3) is 5.59. The molecule has 1 aromatic rings. The van der Waals surface area contributed by atoms with Crippen molar-refractivity contribution < 1.29 is 18.3 Å². The van der Waals surface area contributed by atoms with Crippen LogP contribution < -0.4 is 10.1 Å². The minimum Gasteiger partial charge on any atom is -0.485 e. The van der Waals surface area contributed by atoms with Crippen molar-refractivity contribution in [2.75, 3.05) is 13.2 Å². The zero-order chi connectivity index (χ0) is 15.5. The van der Waals surface area contributed by atoms with Crippen molar-refractivity contribution in [1.82, 2.24) is 5.32 Å². The van der Waals surface area contributed by atoms with Gasteiger partial charge in [-0.15, -0.1) is 0 Å². The fraction of sp³-hybridized carbons (Fsp3) is 0.625. The summed E-state index contributed by atoms with van der Waals surface area (Å²) < 4.78 is 38.4. The Kier molecular flexibility index (Phi) is 5.17. The molecule has 0 spiro atoms. The van der Waals surface area contributed by atoms with E-state index < -0.39 is 11.6 Å². The second-order valence-corrected chi connectivity index (χ2v) is 6.35. The fourth-order valence-electron chi connectivity index (χ4n) is 1.89. The molecule has 5 heteroatoms. The molecule has 1 saturated carbocycles. The van der Waals surface area contributed by atoms with Gasteiger partial charge in [-0.3, -0.25) is 0 Å². The van der Waals surface area contributed by atoms with Crippen LogP contribution >= 0.6 is 0 Å². The third-order valence-electron chi connectivity index (χ3n) is 3.10. The number of halogens is 2. The Morgan fingerprint density at radius 3 is 2.29 bits per heavy atom. The predicted octanol–water partition coefficient (Wildman–Crippen LogP) is 3.41. The Morgan fingerprint density at radius 2 is 1.76 bits per heavy atom. The maximum absolute atomic E-state index is 13.9. The Morgan fingerprint density at radius 1 is 1.14 bits per heavy atom. The van der Waals surface area contributed by atoms with Gasteiger partial charge in [-0.1, -0.05) is 0 Å². The molecule has 0 radical (unpaired) electrons. The molecule has 2 rings (SSSR count). The summed E-state index contributed by atoms with van der Waals surface area (Å²) in [6.07, 6.45) is 2.28. The van der Waals surface area contributed by atoms with Gasteiger partial charge in [0, 0.05) is 12.6 Å². The van der Waals surface area contributed by atoms with Crippen LogP contribution in [0.2, 0.25) is 0 Å². The van der Waals surface area contributed by atoms with Crippen LogP contribution in [0.25, 0.3) is 0 Å². The Hall–Kier alpha value is -1.20. The van der Waals surface area contributed by atoms with Crippen molar-refractivity contribution >= 4 is 0 Å². The molecule has 21 heavy (non-hydrogen) atoms. The largest absolute Gasteiger partial charge is 0.485 e. The highest BCUT2D eigenvalue weighted by molar-refractivity contribution is 5.31. The summed E-state index contributed by atoms with van der Waals surface area (Å²) in [4.78, 5) is 0.